The lowest BCUT2D eigenvalue weighted by Gasteiger charge is -2.14. The predicted molar refractivity (Wildman–Crippen MR) is 76.7 cm³/mol. The average Bonchev–Trinajstić information content (AvgIpc) is 2.82. The zero-order chi connectivity index (χ0) is 12.1. The highest BCUT2D eigenvalue weighted by Crippen LogP contribution is 2.36. The summed E-state index contributed by atoms with van der Waals surface area (Å²) in [5.41, 5.74) is 2.84. The van der Waals surface area contributed by atoms with Gasteiger partial charge in [-0.2, -0.15) is 0 Å². The highest BCUT2D eigenvalue weighted by Gasteiger charge is 2.17. The largest absolute Gasteiger partial charge is 0.313 e. The Morgan fingerprint density at radius 3 is 2.76 bits per heavy atom. The molecule has 0 amide bonds. The molecule has 0 spiro atoms. The van der Waals surface area contributed by atoms with Crippen LogP contribution in [0.4, 0.5) is 0 Å². The van der Waals surface area contributed by atoms with Gasteiger partial charge in [0.25, 0.3) is 0 Å². The summed E-state index contributed by atoms with van der Waals surface area (Å²) in [6.45, 7) is 6.40. The first-order valence-electron chi connectivity index (χ1n) is 6.76. The normalized spacial score (nSPS) is 16.6. The van der Waals surface area contributed by atoms with Crippen molar-refractivity contribution in [1.29, 1.82) is 0 Å². The maximum absolute atomic E-state index is 3.44. The molecule has 1 aromatic rings. The minimum Gasteiger partial charge on any atom is -0.313 e. The van der Waals surface area contributed by atoms with Gasteiger partial charge in [0, 0.05) is 16.7 Å². The molecule has 0 atom stereocenters. The van der Waals surface area contributed by atoms with E-state index in [1.165, 1.54) is 41.7 Å². The van der Waals surface area contributed by atoms with Crippen molar-refractivity contribution >= 4 is 11.8 Å². The van der Waals surface area contributed by atoms with Crippen molar-refractivity contribution in [2.24, 2.45) is 0 Å². The van der Waals surface area contributed by atoms with Crippen molar-refractivity contribution in [3.63, 3.8) is 0 Å². The number of aryl methyl sites for hydroxylation is 1. The average molecular weight is 249 g/mol. The van der Waals surface area contributed by atoms with Gasteiger partial charge < -0.3 is 5.32 Å². The van der Waals surface area contributed by atoms with Gasteiger partial charge in [-0.15, -0.1) is 11.8 Å². The molecule has 2 rings (SSSR count). The van der Waals surface area contributed by atoms with E-state index in [1.807, 2.05) is 0 Å². The van der Waals surface area contributed by atoms with E-state index in [4.69, 9.17) is 0 Å². The van der Waals surface area contributed by atoms with Crippen LogP contribution in [0.5, 0.6) is 0 Å². The van der Waals surface area contributed by atoms with Crippen LogP contribution >= 0.6 is 11.8 Å². The molecule has 2 heteroatoms. The van der Waals surface area contributed by atoms with E-state index in [2.05, 4.69) is 49.1 Å². The van der Waals surface area contributed by atoms with Gasteiger partial charge in [0.05, 0.1) is 0 Å². The number of rotatable bonds is 5. The Morgan fingerprint density at radius 1 is 1.29 bits per heavy atom. The van der Waals surface area contributed by atoms with Gasteiger partial charge in [-0.1, -0.05) is 37.5 Å². The number of hydrogen-bond acceptors (Lipinski definition) is 2. The molecule has 0 heterocycles. The van der Waals surface area contributed by atoms with E-state index in [-0.39, 0.29) is 0 Å². The van der Waals surface area contributed by atoms with Crippen molar-refractivity contribution in [3.05, 3.63) is 29.3 Å². The number of benzene rings is 1. The topological polar surface area (TPSA) is 12.0 Å². The third-order valence-corrected chi connectivity index (χ3v) is 4.83. The van der Waals surface area contributed by atoms with Gasteiger partial charge in [0.2, 0.25) is 0 Å². The lowest BCUT2D eigenvalue weighted by Crippen LogP contribution is -2.13. The smallest absolute Gasteiger partial charge is 0.0216 e. The molecule has 1 aliphatic carbocycles. The lowest BCUT2D eigenvalue weighted by atomic mass is 10.1. The summed E-state index contributed by atoms with van der Waals surface area (Å²) in [6, 6.07) is 6.89. The standard InChI is InChI=1S/C15H23NS/c1-3-16-11-13-10-12(2)8-9-15(13)17-14-6-4-5-7-14/h8-10,14,16H,3-7,11H2,1-2H3. The van der Waals surface area contributed by atoms with E-state index >= 15 is 0 Å². The Morgan fingerprint density at radius 2 is 2.06 bits per heavy atom. The maximum atomic E-state index is 3.44. The van der Waals surface area contributed by atoms with Crippen molar-refractivity contribution < 1.29 is 0 Å². The minimum absolute atomic E-state index is 0.859. The van der Waals surface area contributed by atoms with E-state index < -0.39 is 0 Å². The minimum atomic E-state index is 0.859. The van der Waals surface area contributed by atoms with Gasteiger partial charge in [0.15, 0.2) is 0 Å². The fraction of sp³-hybridized carbons (Fsp3) is 0.600. The van der Waals surface area contributed by atoms with Crippen molar-refractivity contribution in [2.45, 2.75) is 56.2 Å². The molecule has 1 aliphatic rings. The van der Waals surface area contributed by atoms with Crippen LogP contribution in [0.1, 0.15) is 43.7 Å². The van der Waals surface area contributed by atoms with Crippen LogP contribution in [0.25, 0.3) is 0 Å². The Balaban J connectivity index is 2.07. The van der Waals surface area contributed by atoms with Crippen LogP contribution in [-0.4, -0.2) is 11.8 Å². The summed E-state index contributed by atoms with van der Waals surface area (Å²) in [6.07, 6.45) is 5.65. The Hall–Kier alpha value is -0.470. The fourth-order valence-corrected chi connectivity index (χ4v) is 3.76. The number of nitrogens with one attached hydrogen (secondary N) is 1. The van der Waals surface area contributed by atoms with Crippen molar-refractivity contribution in [3.8, 4) is 0 Å². The van der Waals surface area contributed by atoms with E-state index in [1.54, 1.807) is 0 Å². The first-order chi connectivity index (χ1) is 8.29. The molecule has 0 aromatic heterocycles. The molecule has 94 valence electrons. The predicted octanol–water partition coefficient (Wildman–Crippen LogP) is 4.14. The number of hydrogen-bond donors (Lipinski definition) is 1. The first-order valence-corrected chi connectivity index (χ1v) is 7.64. The Bertz CT molecular complexity index is 356. The zero-order valence-electron chi connectivity index (χ0n) is 11.0. The number of thioether (sulfide) groups is 1. The van der Waals surface area contributed by atoms with Crippen LogP contribution < -0.4 is 5.32 Å². The molecule has 0 radical (unpaired) electrons. The molecule has 1 N–H and O–H groups in total. The lowest BCUT2D eigenvalue weighted by molar-refractivity contribution is 0.717. The van der Waals surface area contributed by atoms with E-state index in [0.29, 0.717) is 0 Å². The van der Waals surface area contributed by atoms with Crippen LogP contribution in [0.15, 0.2) is 23.1 Å². The summed E-state index contributed by atoms with van der Waals surface area (Å²) in [4.78, 5) is 1.49. The summed E-state index contributed by atoms with van der Waals surface area (Å²) < 4.78 is 0. The molecule has 1 aromatic carbocycles. The molecule has 0 unspecified atom stereocenters. The molecule has 0 bridgehead atoms. The van der Waals surface area contributed by atoms with E-state index in [0.717, 1.165) is 18.3 Å². The van der Waals surface area contributed by atoms with Crippen molar-refractivity contribution in [2.75, 3.05) is 6.54 Å². The van der Waals surface area contributed by atoms with Crippen LogP contribution in [-0.2, 0) is 6.54 Å². The molecule has 0 saturated heterocycles. The third kappa shape index (κ3) is 3.75. The first kappa shape index (κ1) is 13.0. The molecular formula is C15H23NS. The highest BCUT2D eigenvalue weighted by atomic mass is 32.2. The molecule has 0 aliphatic heterocycles. The quantitative estimate of drug-likeness (QED) is 0.841. The molecule has 1 nitrogen and oxygen atoms in total. The van der Waals surface area contributed by atoms with Crippen molar-refractivity contribution in [1.82, 2.24) is 5.32 Å². The van der Waals surface area contributed by atoms with Gasteiger partial charge >= 0.3 is 0 Å². The molecule has 1 saturated carbocycles. The van der Waals surface area contributed by atoms with E-state index in [9.17, 15) is 0 Å². The summed E-state index contributed by atoms with van der Waals surface area (Å²) in [5, 5.41) is 4.30. The van der Waals surface area contributed by atoms with Gasteiger partial charge in [0.1, 0.15) is 0 Å². The Kier molecular flexibility index (Phi) is 4.93. The Labute approximate surface area is 109 Å². The van der Waals surface area contributed by atoms with Gasteiger partial charge in [-0.05, 0) is 37.9 Å². The van der Waals surface area contributed by atoms with Crippen LogP contribution in [0, 0.1) is 6.92 Å². The summed E-state index contributed by atoms with van der Waals surface area (Å²) in [5.74, 6) is 0. The fourth-order valence-electron chi connectivity index (χ4n) is 2.41. The zero-order valence-corrected chi connectivity index (χ0v) is 11.8. The second kappa shape index (κ2) is 6.46. The molecule has 17 heavy (non-hydrogen) atoms. The van der Waals surface area contributed by atoms with Gasteiger partial charge in [-0.3, -0.25) is 0 Å². The maximum Gasteiger partial charge on any atom is 0.0216 e. The summed E-state index contributed by atoms with van der Waals surface area (Å²) in [7, 11) is 0. The second-order valence-electron chi connectivity index (χ2n) is 4.92. The SMILES string of the molecule is CCNCc1cc(C)ccc1SC1CCCC1. The monoisotopic (exact) mass is 249 g/mol. The highest BCUT2D eigenvalue weighted by molar-refractivity contribution is 8.00. The van der Waals surface area contributed by atoms with Crippen LogP contribution in [0.3, 0.4) is 0 Å². The van der Waals surface area contributed by atoms with Crippen LogP contribution in [0.2, 0.25) is 0 Å². The molecule has 1 fully saturated rings. The molecular weight excluding hydrogens is 226 g/mol. The second-order valence-corrected chi connectivity index (χ2v) is 6.26. The van der Waals surface area contributed by atoms with Gasteiger partial charge in [-0.25, -0.2) is 0 Å². The summed E-state index contributed by atoms with van der Waals surface area (Å²) >= 11 is 2.10. The third-order valence-electron chi connectivity index (χ3n) is 3.38.